The maximum atomic E-state index is 12.2. The fourth-order valence-corrected chi connectivity index (χ4v) is 2.61. The number of rotatable bonds is 3. The molecule has 0 N–H and O–H groups in total. The maximum Gasteiger partial charge on any atom is 0.350 e. The highest BCUT2D eigenvalue weighted by Gasteiger charge is 2.38. The van der Waals surface area contributed by atoms with Gasteiger partial charge in [0.05, 0.1) is 6.04 Å². The summed E-state index contributed by atoms with van der Waals surface area (Å²) in [4.78, 5) is 10.5. The van der Waals surface area contributed by atoms with Gasteiger partial charge in [0.25, 0.3) is 10.0 Å². The van der Waals surface area contributed by atoms with Crippen LogP contribution in [-0.4, -0.2) is 37.4 Å². The van der Waals surface area contributed by atoms with Gasteiger partial charge in [0, 0.05) is 6.54 Å². The lowest BCUT2D eigenvalue weighted by molar-refractivity contribution is -0.111. The SMILES string of the molecule is O=CC1CCCCN1S(=O)(=O)C(F)F. The van der Waals surface area contributed by atoms with Crippen molar-refractivity contribution in [2.75, 3.05) is 6.54 Å². The zero-order chi connectivity index (χ0) is 10.8. The van der Waals surface area contributed by atoms with Crippen molar-refractivity contribution in [2.24, 2.45) is 0 Å². The zero-order valence-electron chi connectivity index (χ0n) is 7.40. The first-order chi connectivity index (χ1) is 6.50. The molecule has 14 heavy (non-hydrogen) atoms. The summed E-state index contributed by atoms with van der Waals surface area (Å²) in [5.41, 5.74) is 0. The van der Waals surface area contributed by atoms with Crippen molar-refractivity contribution in [3.05, 3.63) is 0 Å². The van der Waals surface area contributed by atoms with Crippen LogP contribution < -0.4 is 0 Å². The summed E-state index contributed by atoms with van der Waals surface area (Å²) < 4.78 is 47.1. The Morgan fingerprint density at radius 3 is 2.50 bits per heavy atom. The monoisotopic (exact) mass is 227 g/mol. The Labute approximate surface area is 80.9 Å². The largest absolute Gasteiger partial charge is 0.350 e. The van der Waals surface area contributed by atoms with Gasteiger partial charge in [0.1, 0.15) is 6.29 Å². The molecule has 0 radical (unpaired) electrons. The quantitative estimate of drug-likeness (QED) is 0.663. The van der Waals surface area contributed by atoms with Gasteiger partial charge in [-0.3, -0.25) is 0 Å². The number of carbonyl (C=O) groups is 1. The highest BCUT2D eigenvalue weighted by molar-refractivity contribution is 7.89. The lowest BCUT2D eigenvalue weighted by Gasteiger charge is -2.30. The molecule has 1 saturated heterocycles. The number of nitrogens with zero attached hydrogens (tertiary/aromatic N) is 1. The van der Waals surface area contributed by atoms with E-state index in [1.165, 1.54) is 0 Å². The fraction of sp³-hybridized carbons (Fsp3) is 0.857. The Bertz CT molecular complexity index is 304. The van der Waals surface area contributed by atoms with Gasteiger partial charge >= 0.3 is 5.76 Å². The lowest BCUT2D eigenvalue weighted by Crippen LogP contribution is -2.46. The van der Waals surface area contributed by atoms with E-state index in [0.29, 0.717) is 29.9 Å². The minimum atomic E-state index is -4.59. The van der Waals surface area contributed by atoms with Crippen LogP contribution >= 0.6 is 0 Å². The second-order valence-electron chi connectivity index (χ2n) is 3.12. The summed E-state index contributed by atoms with van der Waals surface area (Å²) in [6.45, 7) is 0.0100. The first-order valence-corrected chi connectivity index (χ1v) is 5.74. The van der Waals surface area contributed by atoms with E-state index in [-0.39, 0.29) is 6.54 Å². The van der Waals surface area contributed by atoms with Gasteiger partial charge in [-0.25, -0.2) is 8.42 Å². The zero-order valence-corrected chi connectivity index (χ0v) is 8.21. The Morgan fingerprint density at radius 1 is 1.36 bits per heavy atom. The van der Waals surface area contributed by atoms with Crippen molar-refractivity contribution in [3.8, 4) is 0 Å². The van der Waals surface area contributed by atoms with Gasteiger partial charge < -0.3 is 4.79 Å². The Morgan fingerprint density at radius 2 is 2.00 bits per heavy atom. The van der Waals surface area contributed by atoms with Gasteiger partial charge in [-0.1, -0.05) is 6.42 Å². The molecular formula is C7H11F2NO3S. The van der Waals surface area contributed by atoms with Crippen LogP contribution in [0.5, 0.6) is 0 Å². The van der Waals surface area contributed by atoms with E-state index in [0.717, 1.165) is 0 Å². The van der Waals surface area contributed by atoms with Crippen LogP contribution in [0.4, 0.5) is 8.78 Å². The molecule has 1 heterocycles. The van der Waals surface area contributed by atoms with Crippen molar-refractivity contribution in [2.45, 2.75) is 31.1 Å². The average molecular weight is 227 g/mol. The third kappa shape index (κ3) is 2.09. The average Bonchev–Trinajstić information content (AvgIpc) is 2.17. The van der Waals surface area contributed by atoms with Crippen LogP contribution in [0.15, 0.2) is 0 Å². The van der Waals surface area contributed by atoms with E-state index in [4.69, 9.17) is 0 Å². The van der Waals surface area contributed by atoms with Crippen LogP contribution in [0.2, 0.25) is 0 Å². The van der Waals surface area contributed by atoms with Gasteiger partial charge in [-0.15, -0.1) is 0 Å². The Kier molecular flexibility index (Phi) is 3.54. The molecule has 1 fully saturated rings. The van der Waals surface area contributed by atoms with Crippen LogP contribution in [0, 0.1) is 0 Å². The van der Waals surface area contributed by atoms with E-state index in [9.17, 15) is 22.0 Å². The van der Waals surface area contributed by atoms with Gasteiger partial charge in [-0.05, 0) is 12.8 Å². The molecule has 1 unspecified atom stereocenters. The highest BCUT2D eigenvalue weighted by Crippen LogP contribution is 2.22. The van der Waals surface area contributed by atoms with Crippen molar-refractivity contribution >= 4 is 16.3 Å². The molecule has 82 valence electrons. The number of halogens is 2. The van der Waals surface area contributed by atoms with Gasteiger partial charge in [0.15, 0.2) is 0 Å². The molecule has 0 aromatic heterocycles. The van der Waals surface area contributed by atoms with Gasteiger partial charge in [0.2, 0.25) is 0 Å². The van der Waals surface area contributed by atoms with E-state index in [2.05, 4.69) is 0 Å². The van der Waals surface area contributed by atoms with Crippen molar-refractivity contribution in [1.82, 2.24) is 4.31 Å². The summed E-state index contributed by atoms with van der Waals surface area (Å²) in [6, 6.07) is -0.914. The van der Waals surface area contributed by atoms with E-state index in [1.807, 2.05) is 0 Å². The number of piperidine rings is 1. The molecule has 0 bridgehead atoms. The molecule has 0 aliphatic carbocycles. The summed E-state index contributed by atoms with van der Waals surface area (Å²) in [7, 11) is -4.59. The first kappa shape index (κ1) is 11.5. The standard InChI is InChI=1S/C7H11F2NO3S/c8-7(9)14(12,13)10-4-2-1-3-6(10)5-11/h5-7H,1-4H2. The summed E-state index contributed by atoms with van der Waals surface area (Å²) in [5.74, 6) is -3.44. The predicted octanol–water partition coefficient (Wildman–Crippen LogP) is 0.592. The van der Waals surface area contributed by atoms with E-state index in [1.54, 1.807) is 0 Å². The normalized spacial score (nSPS) is 25.2. The molecule has 0 spiro atoms. The van der Waals surface area contributed by atoms with Crippen molar-refractivity contribution < 1.29 is 22.0 Å². The van der Waals surface area contributed by atoms with Gasteiger partial charge in [-0.2, -0.15) is 13.1 Å². The summed E-state index contributed by atoms with van der Waals surface area (Å²) >= 11 is 0. The number of hydrogen-bond acceptors (Lipinski definition) is 3. The number of carbonyl (C=O) groups excluding carboxylic acids is 1. The number of aldehydes is 1. The third-order valence-corrected chi connectivity index (χ3v) is 3.76. The van der Waals surface area contributed by atoms with Crippen LogP contribution in [0.1, 0.15) is 19.3 Å². The Hall–Kier alpha value is -0.560. The minimum absolute atomic E-state index is 0.0100. The topological polar surface area (TPSA) is 54.5 Å². The maximum absolute atomic E-state index is 12.2. The van der Waals surface area contributed by atoms with Crippen LogP contribution in [-0.2, 0) is 14.8 Å². The first-order valence-electron chi connectivity index (χ1n) is 4.24. The summed E-state index contributed by atoms with van der Waals surface area (Å²) in [6.07, 6.45) is 1.96. The van der Waals surface area contributed by atoms with E-state index >= 15 is 0 Å². The fourth-order valence-electron chi connectivity index (χ4n) is 1.49. The minimum Gasteiger partial charge on any atom is -0.302 e. The molecule has 0 aromatic carbocycles. The second-order valence-corrected chi connectivity index (χ2v) is 4.97. The summed E-state index contributed by atoms with van der Waals surface area (Å²) in [5, 5.41) is 0. The molecule has 4 nitrogen and oxygen atoms in total. The van der Waals surface area contributed by atoms with Crippen LogP contribution in [0.25, 0.3) is 0 Å². The lowest BCUT2D eigenvalue weighted by atomic mass is 10.1. The molecule has 1 rings (SSSR count). The van der Waals surface area contributed by atoms with Crippen LogP contribution in [0.3, 0.4) is 0 Å². The number of hydrogen-bond donors (Lipinski definition) is 0. The molecule has 1 aliphatic rings. The molecule has 0 saturated carbocycles. The number of alkyl halides is 2. The highest BCUT2D eigenvalue weighted by atomic mass is 32.2. The second kappa shape index (κ2) is 4.31. The molecule has 7 heteroatoms. The third-order valence-electron chi connectivity index (χ3n) is 2.21. The molecule has 1 aliphatic heterocycles. The van der Waals surface area contributed by atoms with Crippen molar-refractivity contribution in [1.29, 1.82) is 0 Å². The predicted molar refractivity (Wildman–Crippen MR) is 45.3 cm³/mol. The number of sulfonamides is 1. The Balaban J connectivity index is 2.88. The van der Waals surface area contributed by atoms with E-state index < -0.39 is 21.8 Å². The molecular weight excluding hydrogens is 216 g/mol. The molecule has 0 aromatic rings. The smallest absolute Gasteiger partial charge is 0.302 e. The molecule has 0 amide bonds. The molecule has 1 atom stereocenters. The van der Waals surface area contributed by atoms with Crippen molar-refractivity contribution in [3.63, 3.8) is 0 Å².